The van der Waals surface area contributed by atoms with Crippen LogP contribution in [0.15, 0.2) is 29.7 Å². The van der Waals surface area contributed by atoms with Gasteiger partial charge in [0.25, 0.3) is 0 Å². The van der Waals surface area contributed by atoms with E-state index >= 15 is 0 Å². The average molecular weight is 205 g/mol. The fourth-order valence-corrected chi connectivity index (χ4v) is 1.35. The molecule has 1 aromatic heterocycles. The Morgan fingerprint density at radius 1 is 1.67 bits per heavy atom. The van der Waals surface area contributed by atoms with Gasteiger partial charge in [0, 0.05) is 0 Å². The zero-order chi connectivity index (χ0) is 10.7. The van der Waals surface area contributed by atoms with Crippen molar-refractivity contribution in [3.63, 3.8) is 0 Å². The number of carbonyl (C=O) groups excluding carboxylic acids is 1. The molecule has 0 saturated carbocycles. The molecule has 78 valence electrons. The van der Waals surface area contributed by atoms with Crippen LogP contribution in [0, 0.1) is 0 Å². The maximum Gasteiger partial charge on any atom is 0.357 e. The molecule has 0 unspecified atom stereocenters. The monoisotopic (exact) mass is 205 g/mol. The van der Waals surface area contributed by atoms with Gasteiger partial charge in [-0.05, 0) is 13.0 Å². The molecule has 0 spiro atoms. The third kappa shape index (κ3) is 1.81. The van der Waals surface area contributed by atoms with Crippen molar-refractivity contribution in [1.82, 2.24) is 9.55 Å². The van der Waals surface area contributed by atoms with Gasteiger partial charge in [0.15, 0.2) is 5.69 Å². The van der Waals surface area contributed by atoms with E-state index in [4.69, 9.17) is 4.74 Å². The van der Waals surface area contributed by atoms with Crippen LogP contribution in [0.3, 0.4) is 0 Å². The summed E-state index contributed by atoms with van der Waals surface area (Å²) >= 11 is 0. The van der Waals surface area contributed by atoms with E-state index < -0.39 is 0 Å². The molecular formula is C10H11N3O2. The first-order chi connectivity index (χ1) is 7.33. The van der Waals surface area contributed by atoms with Crippen LogP contribution in [0.25, 0.3) is 0 Å². The molecule has 5 nitrogen and oxygen atoms in total. The number of hydrogen-bond acceptors (Lipinski definition) is 4. The van der Waals surface area contributed by atoms with Gasteiger partial charge in [0.1, 0.15) is 12.2 Å². The van der Waals surface area contributed by atoms with E-state index in [1.165, 1.54) is 6.20 Å². The molecule has 0 atom stereocenters. The Labute approximate surface area is 87.1 Å². The van der Waals surface area contributed by atoms with E-state index in [9.17, 15) is 4.79 Å². The molecule has 0 fully saturated rings. The predicted octanol–water partition coefficient (Wildman–Crippen LogP) is 0.876. The van der Waals surface area contributed by atoms with Crippen molar-refractivity contribution in [3.8, 4) is 0 Å². The van der Waals surface area contributed by atoms with Gasteiger partial charge in [-0.1, -0.05) is 6.08 Å². The Hall–Kier alpha value is -1.91. The van der Waals surface area contributed by atoms with Gasteiger partial charge in [0.05, 0.1) is 19.3 Å². The van der Waals surface area contributed by atoms with Crippen molar-refractivity contribution < 1.29 is 9.53 Å². The fraction of sp³-hybridized carbons (Fsp3) is 0.300. The lowest BCUT2D eigenvalue weighted by molar-refractivity contribution is 0.0518. The number of hydrogen-bond donors (Lipinski definition) is 0. The largest absolute Gasteiger partial charge is 0.461 e. The van der Waals surface area contributed by atoms with Crippen molar-refractivity contribution in [3.05, 3.63) is 30.4 Å². The van der Waals surface area contributed by atoms with Crippen LogP contribution >= 0.6 is 0 Å². The van der Waals surface area contributed by atoms with Crippen LogP contribution in [-0.4, -0.2) is 34.5 Å². The second-order valence-electron chi connectivity index (χ2n) is 2.97. The van der Waals surface area contributed by atoms with E-state index in [2.05, 4.69) is 9.98 Å². The molecule has 1 aliphatic heterocycles. The van der Waals surface area contributed by atoms with Gasteiger partial charge in [-0.2, -0.15) is 0 Å². The summed E-state index contributed by atoms with van der Waals surface area (Å²) in [5.74, 6) is 0.341. The minimum atomic E-state index is -0.377. The number of rotatable bonds is 2. The topological polar surface area (TPSA) is 56.5 Å². The van der Waals surface area contributed by atoms with E-state index in [0.717, 1.165) is 5.84 Å². The van der Waals surface area contributed by atoms with Gasteiger partial charge < -0.3 is 4.74 Å². The number of aliphatic imine (C=N–C) groups is 1. The highest BCUT2D eigenvalue weighted by molar-refractivity contribution is 6.01. The number of ether oxygens (including phenoxy) is 1. The lowest BCUT2D eigenvalue weighted by Crippen LogP contribution is -2.16. The number of nitrogens with zero attached hydrogens (tertiary/aromatic N) is 3. The molecule has 0 saturated heterocycles. The molecule has 0 bridgehead atoms. The van der Waals surface area contributed by atoms with E-state index in [0.29, 0.717) is 18.8 Å². The summed E-state index contributed by atoms with van der Waals surface area (Å²) < 4.78 is 6.53. The zero-order valence-corrected chi connectivity index (χ0v) is 8.38. The molecular weight excluding hydrogens is 194 g/mol. The average Bonchev–Trinajstić information content (AvgIpc) is 2.88. The van der Waals surface area contributed by atoms with Crippen LogP contribution in [0.4, 0.5) is 0 Å². The molecule has 0 N–H and O–H groups in total. The van der Waals surface area contributed by atoms with Gasteiger partial charge in [-0.15, -0.1) is 0 Å². The molecule has 2 heterocycles. The zero-order valence-electron chi connectivity index (χ0n) is 8.38. The SMILES string of the molecule is CCOC(=O)c1cncn1C1=NCC=C1. The summed E-state index contributed by atoms with van der Waals surface area (Å²) in [6.45, 7) is 2.77. The normalized spacial score (nSPS) is 14.1. The summed E-state index contributed by atoms with van der Waals surface area (Å²) in [5, 5.41) is 0. The van der Waals surface area contributed by atoms with Crippen LogP contribution in [0.2, 0.25) is 0 Å². The third-order valence-electron chi connectivity index (χ3n) is 2.00. The lowest BCUT2D eigenvalue weighted by atomic mass is 10.4. The molecule has 0 aromatic carbocycles. The standard InChI is InChI=1S/C10H11N3O2/c1-2-15-10(14)8-6-11-7-13(8)9-4-3-5-12-9/h3-4,6-7H,2,5H2,1H3. The third-order valence-corrected chi connectivity index (χ3v) is 2.00. The number of imidazole rings is 1. The lowest BCUT2D eigenvalue weighted by Gasteiger charge is -2.05. The van der Waals surface area contributed by atoms with Crippen LogP contribution in [0.5, 0.6) is 0 Å². The Morgan fingerprint density at radius 2 is 2.53 bits per heavy atom. The van der Waals surface area contributed by atoms with Crippen molar-refractivity contribution in [2.24, 2.45) is 4.99 Å². The van der Waals surface area contributed by atoms with E-state index in [1.807, 2.05) is 12.2 Å². The second-order valence-corrected chi connectivity index (χ2v) is 2.97. The highest BCUT2D eigenvalue weighted by Gasteiger charge is 2.15. The Kier molecular flexibility index (Phi) is 2.62. The van der Waals surface area contributed by atoms with Gasteiger partial charge >= 0.3 is 5.97 Å². The van der Waals surface area contributed by atoms with Crippen molar-refractivity contribution >= 4 is 11.8 Å². The quantitative estimate of drug-likeness (QED) is 0.673. The summed E-state index contributed by atoms with van der Waals surface area (Å²) in [6, 6.07) is 0. The number of esters is 1. The molecule has 0 radical (unpaired) electrons. The number of aromatic nitrogens is 2. The number of carbonyl (C=O) groups is 1. The highest BCUT2D eigenvalue weighted by Crippen LogP contribution is 2.05. The van der Waals surface area contributed by atoms with Gasteiger partial charge in [-0.25, -0.2) is 9.78 Å². The summed E-state index contributed by atoms with van der Waals surface area (Å²) in [4.78, 5) is 19.6. The van der Waals surface area contributed by atoms with E-state index in [1.54, 1.807) is 17.8 Å². The molecule has 1 aromatic rings. The van der Waals surface area contributed by atoms with Crippen molar-refractivity contribution in [2.75, 3.05) is 13.2 Å². The maximum atomic E-state index is 11.5. The van der Waals surface area contributed by atoms with Crippen LogP contribution in [0.1, 0.15) is 17.4 Å². The predicted molar refractivity (Wildman–Crippen MR) is 55.0 cm³/mol. The summed E-state index contributed by atoms with van der Waals surface area (Å²) in [6.07, 6.45) is 6.81. The summed E-state index contributed by atoms with van der Waals surface area (Å²) in [7, 11) is 0. The van der Waals surface area contributed by atoms with Crippen LogP contribution < -0.4 is 0 Å². The molecule has 5 heteroatoms. The van der Waals surface area contributed by atoms with Crippen molar-refractivity contribution in [2.45, 2.75) is 6.92 Å². The van der Waals surface area contributed by atoms with Gasteiger partial charge in [-0.3, -0.25) is 9.56 Å². The van der Waals surface area contributed by atoms with Crippen LogP contribution in [-0.2, 0) is 4.74 Å². The first kappa shape index (κ1) is 9.64. The first-order valence-corrected chi connectivity index (χ1v) is 4.73. The molecule has 1 aliphatic rings. The molecule has 0 amide bonds. The first-order valence-electron chi connectivity index (χ1n) is 4.73. The molecule has 0 aliphatic carbocycles. The fourth-order valence-electron chi connectivity index (χ4n) is 1.35. The highest BCUT2D eigenvalue weighted by atomic mass is 16.5. The Bertz CT molecular complexity index is 432. The minimum Gasteiger partial charge on any atom is -0.461 e. The summed E-state index contributed by atoms with van der Waals surface area (Å²) in [5.41, 5.74) is 0.405. The second kappa shape index (κ2) is 4.08. The number of allylic oxidation sites excluding steroid dienone is 1. The smallest absolute Gasteiger partial charge is 0.357 e. The molecule has 2 rings (SSSR count). The Balaban J connectivity index is 2.29. The maximum absolute atomic E-state index is 11.5. The van der Waals surface area contributed by atoms with Gasteiger partial charge in [0.2, 0.25) is 0 Å². The van der Waals surface area contributed by atoms with Crippen molar-refractivity contribution in [1.29, 1.82) is 0 Å². The minimum absolute atomic E-state index is 0.354. The Morgan fingerprint density at radius 3 is 3.20 bits per heavy atom. The van der Waals surface area contributed by atoms with E-state index in [-0.39, 0.29) is 5.97 Å². The molecule has 15 heavy (non-hydrogen) atoms.